The summed E-state index contributed by atoms with van der Waals surface area (Å²) in [5.41, 5.74) is 2.41. The molecule has 1 N–H and O–H groups in total. The first-order valence-corrected chi connectivity index (χ1v) is 7.52. The van der Waals surface area contributed by atoms with Gasteiger partial charge in [-0.15, -0.1) is 11.8 Å². The third-order valence-electron chi connectivity index (χ3n) is 2.45. The largest absolute Gasteiger partial charge is 0.316 e. The van der Waals surface area contributed by atoms with Crippen molar-refractivity contribution in [2.45, 2.75) is 17.2 Å². The molecule has 0 amide bonds. The molecule has 0 radical (unpaired) electrons. The van der Waals surface area contributed by atoms with Gasteiger partial charge in [-0.1, -0.05) is 12.1 Å². The molecule has 1 heterocycles. The second kappa shape index (κ2) is 6.92. The zero-order valence-electron chi connectivity index (χ0n) is 10.2. The van der Waals surface area contributed by atoms with Crippen LogP contribution in [0.5, 0.6) is 0 Å². The molecule has 2 rings (SSSR count). The molecule has 0 bridgehead atoms. The first kappa shape index (κ1) is 13.6. The van der Waals surface area contributed by atoms with Crippen LogP contribution in [0.3, 0.4) is 0 Å². The van der Waals surface area contributed by atoms with Gasteiger partial charge in [-0.25, -0.2) is 0 Å². The summed E-state index contributed by atoms with van der Waals surface area (Å²) in [5.74, 6) is 0.899. The van der Waals surface area contributed by atoms with E-state index in [0.29, 0.717) is 0 Å². The summed E-state index contributed by atoms with van der Waals surface area (Å²) in [7, 11) is 1.96. The van der Waals surface area contributed by atoms with E-state index in [9.17, 15) is 0 Å². The lowest BCUT2D eigenvalue weighted by atomic mass is 10.2. The topological polar surface area (TPSA) is 24.9 Å². The van der Waals surface area contributed by atoms with Crippen molar-refractivity contribution in [2.24, 2.45) is 0 Å². The molecule has 1 aromatic heterocycles. The van der Waals surface area contributed by atoms with E-state index in [4.69, 9.17) is 0 Å². The molecule has 0 unspecified atom stereocenters. The zero-order chi connectivity index (χ0) is 12.8. The van der Waals surface area contributed by atoms with Gasteiger partial charge >= 0.3 is 0 Å². The quantitative estimate of drug-likeness (QED) is 0.846. The van der Waals surface area contributed by atoms with E-state index in [1.165, 1.54) is 10.5 Å². The van der Waals surface area contributed by atoms with Crippen molar-refractivity contribution in [1.29, 1.82) is 0 Å². The second-order valence-electron chi connectivity index (χ2n) is 3.93. The molecular weight excluding hydrogens is 308 g/mol. The van der Waals surface area contributed by atoms with Crippen LogP contribution < -0.4 is 5.32 Å². The van der Waals surface area contributed by atoms with Gasteiger partial charge < -0.3 is 5.32 Å². The minimum Gasteiger partial charge on any atom is -0.316 e. The molecule has 0 saturated heterocycles. The average molecular weight is 323 g/mol. The molecule has 94 valence electrons. The first-order valence-electron chi connectivity index (χ1n) is 5.74. The summed E-state index contributed by atoms with van der Waals surface area (Å²) in [5, 5.41) is 3.16. The summed E-state index contributed by atoms with van der Waals surface area (Å²) >= 11 is 5.21. The van der Waals surface area contributed by atoms with E-state index in [2.05, 4.69) is 56.6 Å². The molecule has 0 saturated carbocycles. The monoisotopic (exact) mass is 322 g/mol. The molecule has 0 aliphatic carbocycles. The van der Waals surface area contributed by atoms with E-state index in [-0.39, 0.29) is 0 Å². The Bertz CT molecular complexity index is 499. The van der Waals surface area contributed by atoms with Gasteiger partial charge in [0.05, 0.1) is 5.69 Å². The highest BCUT2D eigenvalue weighted by Crippen LogP contribution is 2.23. The van der Waals surface area contributed by atoms with Gasteiger partial charge in [0.2, 0.25) is 0 Å². The van der Waals surface area contributed by atoms with Crippen LogP contribution >= 0.6 is 27.7 Å². The number of hydrogen-bond donors (Lipinski definition) is 1. The lowest BCUT2D eigenvalue weighted by Gasteiger charge is -2.05. The summed E-state index contributed by atoms with van der Waals surface area (Å²) in [6.07, 6.45) is 1.84. The fourth-order valence-corrected chi connectivity index (χ4v) is 2.73. The number of benzene rings is 1. The van der Waals surface area contributed by atoms with Crippen LogP contribution in [-0.2, 0) is 12.3 Å². The normalized spacial score (nSPS) is 10.6. The van der Waals surface area contributed by atoms with Crippen LogP contribution in [-0.4, -0.2) is 12.0 Å². The first-order chi connectivity index (χ1) is 8.78. The Morgan fingerprint density at radius 1 is 1.28 bits per heavy atom. The lowest BCUT2D eigenvalue weighted by molar-refractivity contribution is 0.815. The second-order valence-corrected chi connectivity index (χ2v) is 5.90. The average Bonchev–Trinajstić information content (AvgIpc) is 2.39. The van der Waals surface area contributed by atoms with Gasteiger partial charge in [-0.2, -0.15) is 0 Å². The minimum atomic E-state index is 0.899. The Labute approximate surface area is 120 Å². The molecule has 18 heavy (non-hydrogen) atoms. The Morgan fingerprint density at radius 3 is 2.89 bits per heavy atom. The SMILES string of the molecule is CNCc1cccc(SCc2ccc(Br)cn2)c1. The van der Waals surface area contributed by atoms with Crippen molar-refractivity contribution in [2.75, 3.05) is 7.05 Å². The predicted octanol–water partition coefficient (Wildman–Crippen LogP) is 3.86. The Morgan fingerprint density at radius 2 is 2.17 bits per heavy atom. The molecule has 2 nitrogen and oxygen atoms in total. The number of thioether (sulfide) groups is 1. The predicted molar refractivity (Wildman–Crippen MR) is 80.7 cm³/mol. The van der Waals surface area contributed by atoms with Crippen LogP contribution in [0.4, 0.5) is 0 Å². The van der Waals surface area contributed by atoms with Gasteiger partial charge in [0.15, 0.2) is 0 Å². The smallest absolute Gasteiger partial charge is 0.0507 e. The van der Waals surface area contributed by atoms with Crippen LogP contribution in [0.1, 0.15) is 11.3 Å². The van der Waals surface area contributed by atoms with Gasteiger partial charge in [0.1, 0.15) is 0 Å². The molecular formula is C14H15BrN2S. The van der Waals surface area contributed by atoms with Gasteiger partial charge in [0.25, 0.3) is 0 Å². The lowest BCUT2D eigenvalue weighted by Crippen LogP contribution is -2.04. The van der Waals surface area contributed by atoms with E-state index in [0.717, 1.165) is 22.5 Å². The number of aromatic nitrogens is 1. The summed E-state index contributed by atoms with van der Waals surface area (Å²) < 4.78 is 1.02. The molecule has 0 atom stereocenters. The molecule has 0 spiro atoms. The number of nitrogens with zero attached hydrogens (tertiary/aromatic N) is 1. The van der Waals surface area contributed by atoms with Crippen molar-refractivity contribution < 1.29 is 0 Å². The third kappa shape index (κ3) is 4.12. The van der Waals surface area contributed by atoms with Crippen molar-refractivity contribution in [3.05, 3.63) is 58.3 Å². The fourth-order valence-electron chi connectivity index (χ4n) is 1.60. The highest BCUT2D eigenvalue weighted by molar-refractivity contribution is 9.10. The molecule has 4 heteroatoms. The summed E-state index contributed by atoms with van der Waals surface area (Å²) in [6.45, 7) is 0.908. The summed E-state index contributed by atoms with van der Waals surface area (Å²) in [4.78, 5) is 5.66. The summed E-state index contributed by atoms with van der Waals surface area (Å²) in [6, 6.07) is 12.7. The van der Waals surface area contributed by atoms with Gasteiger partial charge in [0, 0.05) is 27.9 Å². The minimum absolute atomic E-state index is 0.899. The highest BCUT2D eigenvalue weighted by atomic mass is 79.9. The number of rotatable bonds is 5. The number of pyridine rings is 1. The Balaban J connectivity index is 1.97. The van der Waals surface area contributed by atoms with E-state index in [1.54, 1.807) is 0 Å². The van der Waals surface area contributed by atoms with Crippen LogP contribution in [0.25, 0.3) is 0 Å². The van der Waals surface area contributed by atoms with E-state index < -0.39 is 0 Å². The van der Waals surface area contributed by atoms with Gasteiger partial charge in [-0.05, 0) is 52.8 Å². The Hall–Kier alpha value is -0.840. The number of nitrogens with one attached hydrogen (secondary N) is 1. The molecule has 0 aliphatic rings. The van der Waals surface area contributed by atoms with Crippen LogP contribution in [0, 0.1) is 0 Å². The number of halogens is 1. The maximum absolute atomic E-state index is 4.37. The van der Waals surface area contributed by atoms with Crippen LogP contribution in [0.15, 0.2) is 52.0 Å². The highest BCUT2D eigenvalue weighted by Gasteiger charge is 1.99. The molecule has 1 aromatic carbocycles. The molecule has 2 aromatic rings. The maximum atomic E-state index is 4.37. The zero-order valence-corrected chi connectivity index (χ0v) is 12.6. The van der Waals surface area contributed by atoms with Crippen molar-refractivity contribution in [1.82, 2.24) is 10.3 Å². The van der Waals surface area contributed by atoms with Crippen LogP contribution in [0.2, 0.25) is 0 Å². The maximum Gasteiger partial charge on any atom is 0.0507 e. The Kier molecular flexibility index (Phi) is 5.23. The molecule has 0 aliphatic heterocycles. The van der Waals surface area contributed by atoms with Gasteiger partial charge in [-0.3, -0.25) is 4.98 Å². The van der Waals surface area contributed by atoms with E-state index >= 15 is 0 Å². The third-order valence-corrected chi connectivity index (χ3v) is 3.95. The standard InChI is InChI=1S/C14H15BrN2S/c1-16-8-11-3-2-4-14(7-11)18-10-13-6-5-12(15)9-17-13/h2-7,9,16H,8,10H2,1H3. The number of hydrogen-bond acceptors (Lipinski definition) is 3. The van der Waals surface area contributed by atoms with Crippen molar-refractivity contribution in [3.8, 4) is 0 Å². The van der Waals surface area contributed by atoms with Crippen molar-refractivity contribution in [3.63, 3.8) is 0 Å². The fraction of sp³-hybridized carbons (Fsp3) is 0.214. The van der Waals surface area contributed by atoms with Crippen molar-refractivity contribution >= 4 is 27.7 Å². The molecule has 0 fully saturated rings. The van der Waals surface area contributed by atoms with E-state index in [1.807, 2.05) is 31.1 Å².